The van der Waals surface area contributed by atoms with Gasteiger partial charge in [0, 0.05) is 30.5 Å². The van der Waals surface area contributed by atoms with Crippen LogP contribution < -0.4 is 5.32 Å². The van der Waals surface area contributed by atoms with Crippen molar-refractivity contribution in [1.29, 1.82) is 0 Å². The van der Waals surface area contributed by atoms with E-state index in [0.717, 1.165) is 36.6 Å². The normalized spacial score (nSPS) is 17.6. The van der Waals surface area contributed by atoms with Crippen molar-refractivity contribution in [3.8, 4) is 5.69 Å². The van der Waals surface area contributed by atoms with Crippen molar-refractivity contribution in [1.82, 2.24) is 19.4 Å². The maximum absolute atomic E-state index is 14.4. The molecular weight excluding hydrogens is 377 g/mol. The largest absolute Gasteiger partial charge is 0.321 e. The summed E-state index contributed by atoms with van der Waals surface area (Å²) in [7, 11) is 2.11. The van der Waals surface area contributed by atoms with E-state index in [-0.39, 0.29) is 5.91 Å². The smallest absolute Gasteiger partial charge is 0.267 e. The molecule has 1 amide bonds. The SMILES string of the molecule is Cc1nc(C2CCCN(C)C2)sc1C(=O)Nc1ccc(-n2ccnc2)c(F)c1. The molecule has 0 spiro atoms. The third-order valence-electron chi connectivity index (χ3n) is 4.98. The second-order valence-corrected chi connectivity index (χ2v) is 8.19. The van der Waals surface area contributed by atoms with E-state index in [4.69, 9.17) is 0 Å². The standard InChI is InChI=1S/C20H22FN5OS/c1-13-18(28-20(23-13)14-4-3-8-25(2)11-14)19(27)24-15-5-6-17(16(21)10-15)26-9-7-22-12-26/h5-7,9-10,12,14H,3-4,8,11H2,1-2H3,(H,24,27). The zero-order valence-electron chi connectivity index (χ0n) is 15.9. The molecule has 1 saturated heterocycles. The summed E-state index contributed by atoms with van der Waals surface area (Å²) in [6, 6.07) is 4.62. The van der Waals surface area contributed by atoms with Crippen LogP contribution in [0.4, 0.5) is 10.1 Å². The molecule has 0 aliphatic carbocycles. The van der Waals surface area contributed by atoms with E-state index in [1.807, 2.05) is 6.92 Å². The first-order chi connectivity index (χ1) is 13.5. The lowest BCUT2D eigenvalue weighted by Gasteiger charge is -2.28. The van der Waals surface area contributed by atoms with Crippen LogP contribution in [0, 0.1) is 12.7 Å². The molecule has 8 heteroatoms. The number of imidazole rings is 1. The van der Waals surface area contributed by atoms with Gasteiger partial charge in [-0.25, -0.2) is 14.4 Å². The molecule has 1 atom stereocenters. The number of likely N-dealkylation sites (N-methyl/N-ethyl adjacent to an activating group) is 1. The maximum atomic E-state index is 14.4. The molecule has 0 saturated carbocycles. The second-order valence-electron chi connectivity index (χ2n) is 7.16. The predicted octanol–water partition coefficient (Wildman–Crippen LogP) is 3.84. The van der Waals surface area contributed by atoms with Crippen molar-refractivity contribution in [3.05, 3.63) is 58.3 Å². The van der Waals surface area contributed by atoms with Gasteiger partial charge in [-0.2, -0.15) is 0 Å². The highest BCUT2D eigenvalue weighted by Gasteiger charge is 2.24. The van der Waals surface area contributed by atoms with Crippen LogP contribution in [0.5, 0.6) is 0 Å². The number of amides is 1. The molecule has 146 valence electrons. The summed E-state index contributed by atoms with van der Waals surface area (Å²) < 4.78 is 16.0. The van der Waals surface area contributed by atoms with E-state index in [0.29, 0.717) is 22.2 Å². The van der Waals surface area contributed by atoms with E-state index in [1.54, 1.807) is 29.1 Å². The summed E-state index contributed by atoms with van der Waals surface area (Å²) >= 11 is 1.44. The zero-order valence-corrected chi connectivity index (χ0v) is 16.7. The summed E-state index contributed by atoms with van der Waals surface area (Å²) in [6.07, 6.45) is 7.02. The van der Waals surface area contributed by atoms with Gasteiger partial charge in [0.05, 0.1) is 22.7 Å². The van der Waals surface area contributed by atoms with Gasteiger partial charge in [-0.15, -0.1) is 11.3 Å². The first kappa shape index (κ1) is 18.8. The number of piperidine rings is 1. The second kappa shape index (κ2) is 7.81. The van der Waals surface area contributed by atoms with Crippen LogP contribution in [-0.2, 0) is 0 Å². The van der Waals surface area contributed by atoms with Crippen LogP contribution in [-0.4, -0.2) is 45.5 Å². The number of aromatic nitrogens is 3. The minimum Gasteiger partial charge on any atom is -0.321 e. The third-order valence-corrected chi connectivity index (χ3v) is 6.30. The molecule has 2 aromatic heterocycles. The van der Waals surface area contributed by atoms with E-state index >= 15 is 0 Å². The molecular formula is C20H22FN5OS. The van der Waals surface area contributed by atoms with Gasteiger partial charge in [-0.05, 0) is 51.6 Å². The summed E-state index contributed by atoms with van der Waals surface area (Å²) in [5, 5.41) is 3.80. The van der Waals surface area contributed by atoms with Gasteiger partial charge in [0.1, 0.15) is 10.7 Å². The lowest BCUT2D eigenvalue weighted by molar-refractivity contribution is 0.103. The number of hydrogen-bond donors (Lipinski definition) is 1. The Balaban J connectivity index is 1.50. The van der Waals surface area contributed by atoms with E-state index < -0.39 is 5.82 Å². The molecule has 4 rings (SSSR count). The molecule has 1 unspecified atom stereocenters. The number of benzene rings is 1. The number of likely N-dealkylation sites (tertiary alicyclic amines) is 1. The minimum absolute atomic E-state index is 0.250. The number of hydrogen-bond acceptors (Lipinski definition) is 5. The number of aryl methyl sites for hydroxylation is 1. The Labute approximate surface area is 167 Å². The van der Waals surface area contributed by atoms with E-state index in [2.05, 4.69) is 27.2 Å². The van der Waals surface area contributed by atoms with Crippen molar-refractivity contribution in [3.63, 3.8) is 0 Å². The highest BCUT2D eigenvalue weighted by molar-refractivity contribution is 7.14. The number of thiazole rings is 1. The van der Waals surface area contributed by atoms with Crippen LogP contribution in [0.2, 0.25) is 0 Å². The van der Waals surface area contributed by atoms with Crippen molar-refractivity contribution >= 4 is 22.9 Å². The molecule has 6 nitrogen and oxygen atoms in total. The van der Waals surface area contributed by atoms with Crippen LogP contribution in [0.3, 0.4) is 0 Å². The molecule has 1 N–H and O–H groups in total. The first-order valence-corrected chi connectivity index (χ1v) is 10.1. The number of nitrogens with one attached hydrogen (secondary N) is 1. The number of carbonyl (C=O) groups is 1. The first-order valence-electron chi connectivity index (χ1n) is 9.26. The average Bonchev–Trinajstić information content (AvgIpc) is 3.32. The lowest BCUT2D eigenvalue weighted by Crippen LogP contribution is -2.30. The topological polar surface area (TPSA) is 63.1 Å². The summed E-state index contributed by atoms with van der Waals surface area (Å²) in [6.45, 7) is 3.92. The van der Waals surface area contributed by atoms with Crippen LogP contribution in [0.15, 0.2) is 36.9 Å². The zero-order chi connectivity index (χ0) is 19.7. The fourth-order valence-electron chi connectivity index (χ4n) is 3.55. The fraction of sp³-hybridized carbons (Fsp3) is 0.350. The monoisotopic (exact) mass is 399 g/mol. The van der Waals surface area contributed by atoms with E-state index in [9.17, 15) is 9.18 Å². The number of rotatable bonds is 4. The third kappa shape index (κ3) is 3.83. The van der Waals surface area contributed by atoms with Gasteiger partial charge < -0.3 is 14.8 Å². The van der Waals surface area contributed by atoms with Gasteiger partial charge in [0.25, 0.3) is 5.91 Å². The molecule has 3 aromatic rings. The van der Waals surface area contributed by atoms with Gasteiger partial charge in [0.15, 0.2) is 0 Å². The quantitative estimate of drug-likeness (QED) is 0.724. The molecule has 0 bridgehead atoms. The van der Waals surface area contributed by atoms with E-state index in [1.165, 1.54) is 23.7 Å². The molecule has 3 heterocycles. The van der Waals surface area contributed by atoms with Crippen LogP contribution in [0.25, 0.3) is 5.69 Å². The Morgan fingerprint density at radius 1 is 1.39 bits per heavy atom. The Morgan fingerprint density at radius 3 is 2.96 bits per heavy atom. The number of anilines is 1. The molecule has 1 aromatic carbocycles. The highest BCUT2D eigenvalue weighted by Crippen LogP contribution is 2.31. The van der Waals surface area contributed by atoms with Gasteiger partial charge in [-0.1, -0.05) is 0 Å². The van der Waals surface area contributed by atoms with Gasteiger partial charge in [-0.3, -0.25) is 4.79 Å². The molecule has 1 aliphatic heterocycles. The minimum atomic E-state index is -0.428. The van der Waals surface area contributed by atoms with Crippen molar-refractivity contribution in [2.45, 2.75) is 25.7 Å². The van der Waals surface area contributed by atoms with Crippen molar-refractivity contribution in [2.24, 2.45) is 0 Å². The average molecular weight is 399 g/mol. The Morgan fingerprint density at radius 2 is 2.25 bits per heavy atom. The Kier molecular flexibility index (Phi) is 5.23. The molecule has 0 radical (unpaired) electrons. The molecule has 1 fully saturated rings. The Bertz CT molecular complexity index is 985. The van der Waals surface area contributed by atoms with Gasteiger partial charge >= 0.3 is 0 Å². The summed E-state index contributed by atoms with van der Waals surface area (Å²) in [5.74, 6) is -0.307. The highest BCUT2D eigenvalue weighted by atomic mass is 32.1. The van der Waals surface area contributed by atoms with Crippen molar-refractivity contribution < 1.29 is 9.18 Å². The predicted molar refractivity (Wildman–Crippen MR) is 108 cm³/mol. The molecule has 1 aliphatic rings. The molecule has 28 heavy (non-hydrogen) atoms. The lowest BCUT2D eigenvalue weighted by atomic mass is 9.99. The van der Waals surface area contributed by atoms with Crippen molar-refractivity contribution in [2.75, 3.05) is 25.5 Å². The number of carbonyl (C=O) groups excluding carboxylic acids is 1. The van der Waals surface area contributed by atoms with Gasteiger partial charge in [0.2, 0.25) is 0 Å². The summed E-state index contributed by atoms with van der Waals surface area (Å²) in [4.78, 5) is 24.2. The summed E-state index contributed by atoms with van der Waals surface area (Å²) in [5.41, 5.74) is 1.52. The number of nitrogens with zero attached hydrogens (tertiary/aromatic N) is 4. The fourth-order valence-corrected chi connectivity index (χ4v) is 4.64. The number of halogens is 1. The van der Waals surface area contributed by atoms with Crippen LogP contribution >= 0.6 is 11.3 Å². The van der Waals surface area contributed by atoms with Crippen LogP contribution in [0.1, 0.15) is 39.1 Å². The maximum Gasteiger partial charge on any atom is 0.267 e. The Hall–Kier alpha value is -2.58.